The number of pyridine rings is 1. The lowest BCUT2D eigenvalue weighted by Gasteiger charge is -2.30. The van der Waals surface area contributed by atoms with Gasteiger partial charge in [-0.05, 0) is 37.1 Å². The number of hydrogen-bond acceptors (Lipinski definition) is 4. The highest BCUT2D eigenvalue weighted by Gasteiger charge is 2.27. The third-order valence-corrected chi connectivity index (χ3v) is 4.56. The number of rotatable bonds is 4. The molecule has 1 aromatic carbocycles. The number of piperidine rings is 1. The number of halogens is 1. The van der Waals surface area contributed by atoms with Crippen molar-refractivity contribution in [3.05, 3.63) is 35.5 Å². The molecule has 1 aromatic heterocycles. The molecule has 2 heterocycles. The van der Waals surface area contributed by atoms with Crippen molar-refractivity contribution in [3.63, 3.8) is 0 Å². The van der Waals surface area contributed by atoms with Crippen LogP contribution in [-0.4, -0.2) is 46.6 Å². The first-order chi connectivity index (χ1) is 11.6. The van der Waals surface area contributed by atoms with Crippen molar-refractivity contribution in [3.8, 4) is 5.75 Å². The number of nitrogens with zero attached hydrogens (tertiary/aromatic N) is 2. The number of carbonyl (C=O) groups is 2. The molecule has 6 nitrogen and oxygen atoms in total. The van der Waals surface area contributed by atoms with E-state index in [-0.39, 0.29) is 18.4 Å². The topological polar surface area (TPSA) is 79.7 Å². The molecule has 1 fully saturated rings. The Morgan fingerprint density at radius 2 is 2.04 bits per heavy atom. The van der Waals surface area contributed by atoms with E-state index in [1.54, 1.807) is 29.3 Å². The molecular weight excluding hydrogens is 332 g/mol. The summed E-state index contributed by atoms with van der Waals surface area (Å²) < 4.78 is 5.63. The van der Waals surface area contributed by atoms with Gasteiger partial charge in [0.25, 0.3) is 5.91 Å². The zero-order valence-corrected chi connectivity index (χ0v) is 13.7. The molecule has 1 aliphatic heterocycles. The highest BCUT2D eigenvalue weighted by molar-refractivity contribution is 6.35. The molecule has 0 saturated carbocycles. The highest BCUT2D eigenvalue weighted by atomic mass is 35.5. The minimum absolute atomic E-state index is 0.106. The number of benzene rings is 1. The fourth-order valence-electron chi connectivity index (χ4n) is 2.84. The zero-order chi connectivity index (χ0) is 17.1. The van der Waals surface area contributed by atoms with E-state index in [2.05, 4.69) is 4.98 Å². The number of amides is 1. The molecule has 24 heavy (non-hydrogen) atoms. The van der Waals surface area contributed by atoms with Gasteiger partial charge in [-0.1, -0.05) is 11.6 Å². The molecule has 0 aliphatic carbocycles. The summed E-state index contributed by atoms with van der Waals surface area (Å²) in [7, 11) is 0. The van der Waals surface area contributed by atoms with Crippen molar-refractivity contribution in [1.82, 2.24) is 9.88 Å². The Labute approximate surface area is 144 Å². The van der Waals surface area contributed by atoms with Gasteiger partial charge in [-0.25, -0.2) is 0 Å². The quantitative estimate of drug-likeness (QED) is 0.918. The number of aliphatic carboxylic acids is 1. The summed E-state index contributed by atoms with van der Waals surface area (Å²) in [6, 6.07) is 7.04. The van der Waals surface area contributed by atoms with E-state index in [9.17, 15) is 9.59 Å². The molecule has 1 saturated heterocycles. The minimum Gasteiger partial charge on any atom is -0.481 e. The van der Waals surface area contributed by atoms with Crippen molar-refractivity contribution >= 4 is 34.4 Å². The number of hydrogen-bond donors (Lipinski definition) is 1. The maximum absolute atomic E-state index is 12.3. The SMILES string of the molecule is O=C(O)C1CCN(C(=O)COc2ccc(Cl)c3cccnc23)CC1. The second kappa shape index (κ2) is 7.05. The predicted molar refractivity (Wildman–Crippen MR) is 89.2 cm³/mol. The van der Waals surface area contributed by atoms with Crippen LogP contribution in [0.5, 0.6) is 5.75 Å². The van der Waals surface area contributed by atoms with Crippen LogP contribution < -0.4 is 4.74 Å². The van der Waals surface area contributed by atoms with Crippen molar-refractivity contribution in [2.75, 3.05) is 19.7 Å². The largest absolute Gasteiger partial charge is 0.481 e. The summed E-state index contributed by atoms with van der Waals surface area (Å²) >= 11 is 6.13. The van der Waals surface area contributed by atoms with Gasteiger partial charge in [0.05, 0.1) is 10.9 Å². The maximum Gasteiger partial charge on any atom is 0.306 e. The lowest BCUT2D eigenvalue weighted by molar-refractivity contribution is -0.146. The third kappa shape index (κ3) is 3.43. The normalized spacial score (nSPS) is 15.5. The monoisotopic (exact) mass is 348 g/mol. The Bertz CT molecular complexity index is 772. The van der Waals surface area contributed by atoms with Crippen molar-refractivity contribution in [2.45, 2.75) is 12.8 Å². The van der Waals surface area contributed by atoms with Crippen LogP contribution in [0.2, 0.25) is 5.02 Å². The molecule has 0 radical (unpaired) electrons. The minimum atomic E-state index is -0.794. The molecule has 7 heteroatoms. The van der Waals surface area contributed by atoms with Crippen molar-refractivity contribution in [1.29, 1.82) is 0 Å². The zero-order valence-electron chi connectivity index (χ0n) is 12.9. The number of ether oxygens (including phenoxy) is 1. The van der Waals surface area contributed by atoms with Crippen LogP contribution in [-0.2, 0) is 9.59 Å². The first-order valence-electron chi connectivity index (χ1n) is 7.73. The van der Waals surface area contributed by atoms with Gasteiger partial charge in [0.1, 0.15) is 11.3 Å². The maximum atomic E-state index is 12.3. The second-order valence-electron chi connectivity index (χ2n) is 5.73. The van der Waals surface area contributed by atoms with Crippen LogP contribution >= 0.6 is 11.6 Å². The molecular formula is C17H17ClN2O4. The van der Waals surface area contributed by atoms with Crippen LogP contribution in [0.25, 0.3) is 10.9 Å². The van der Waals surface area contributed by atoms with Crippen LogP contribution in [0.3, 0.4) is 0 Å². The van der Waals surface area contributed by atoms with Crippen molar-refractivity contribution < 1.29 is 19.4 Å². The lowest BCUT2D eigenvalue weighted by Crippen LogP contribution is -2.42. The Hall–Kier alpha value is -2.34. The second-order valence-corrected chi connectivity index (χ2v) is 6.13. The number of carboxylic acids is 1. The van der Waals surface area contributed by atoms with Gasteiger partial charge in [0.2, 0.25) is 0 Å². The van der Waals surface area contributed by atoms with E-state index in [4.69, 9.17) is 21.4 Å². The van der Waals surface area contributed by atoms with Crippen LogP contribution in [0.4, 0.5) is 0 Å². The van der Waals surface area contributed by atoms with Gasteiger partial charge < -0.3 is 14.7 Å². The van der Waals surface area contributed by atoms with Gasteiger partial charge in [-0.3, -0.25) is 14.6 Å². The van der Waals surface area contributed by atoms with Crippen LogP contribution in [0.1, 0.15) is 12.8 Å². The van der Waals surface area contributed by atoms with Crippen LogP contribution in [0, 0.1) is 5.92 Å². The third-order valence-electron chi connectivity index (χ3n) is 4.23. The lowest BCUT2D eigenvalue weighted by atomic mass is 9.97. The summed E-state index contributed by atoms with van der Waals surface area (Å²) in [4.78, 5) is 29.1. The van der Waals surface area contributed by atoms with Gasteiger partial charge >= 0.3 is 5.97 Å². The van der Waals surface area contributed by atoms with E-state index < -0.39 is 5.97 Å². The molecule has 0 spiro atoms. The van der Waals surface area contributed by atoms with Gasteiger partial charge in [0, 0.05) is 24.7 Å². The number of likely N-dealkylation sites (tertiary alicyclic amines) is 1. The fraction of sp³-hybridized carbons (Fsp3) is 0.353. The molecule has 126 valence electrons. The average Bonchev–Trinajstić information content (AvgIpc) is 2.61. The average molecular weight is 349 g/mol. The predicted octanol–water partition coefficient (Wildman–Crippen LogP) is 2.59. The standard InChI is InChI=1S/C17H17ClN2O4/c18-13-3-4-14(16-12(13)2-1-7-19-16)24-10-15(21)20-8-5-11(6-9-20)17(22)23/h1-4,7,11H,5-6,8-10H2,(H,22,23). The number of aromatic nitrogens is 1. The van der Waals surface area contributed by atoms with E-state index in [1.165, 1.54) is 0 Å². The van der Waals surface area contributed by atoms with Gasteiger partial charge in [-0.15, -0.1) is 0 Å². The summed E-state index contributed by atoms with van der Waals surface area (Å²) in [6.07, 6.45) is 2.60. The Kier molecular flexibility index (Phi) is 4.85. The molecule has 2 aromatic rings. The highest BCUT2D eigenvalue weighted by Crippen LogP contribution is 2.29. The molecule has 3 rings (SSSR count). The van der Waals surface area contributed by atoms with Crippen LogP contribution in [0.15, 0.2) is 30.5 Å². The Morgan fingerprint density at radius 1 is 1.29 bits per heavy atom. The molecule has 1 amide bonds. The fourth-order valence-corrected chi connectivity index (χ4v) is 3.05. The molecule has 1 N–H and O–H groups in total. The summed E-state index contributed by atoms with van der Waals surface area (Å²) in [5.74, 6) is -0.807. The molecule has 1 aliphatic rings. The smallest absolute Gasteiger partial charge is 0.306 e. The van der Waals surface area contributed by atoms with E-state index in [0.717, 1.165) is 5.39 Å². The summed E-state index contributed by atoms with van der Waals surface area (Å²) in [5.41, 5.74) is 0.613. The Balaban J connectivity index is 1.63. The first-order valence-corrected chi connectivity index (χ1v) is 8.10. The molecule has 0 atom stereocenters. The Morgan fingerprint density at radius 3 is 2.75 bits per heavy atom. The van der Waals surface area contributed by atoms with E-state index in [1.807, 2.05) is 6.07 Å². The number of fused-ring (bicyclic) bond motifs is 1. The first kappa shape index (κ1) is 16.5. The number of carboxylic acid groups (broad SMARTS) is 1. The summed E-state index contributed by atoms with van der Waals surface area (Å²) in [5, 5.41) is 10.3. The molecule has 0 bridgehead atoms. The van der Waals surface area contributed by atoms with Gasteiger partial charge in [0.15, 0.2) is 6.61 Å². The molecule has 0 unspecified atom stereocenters. The number of carbonyl (C=O) groups excluding carboxylic acids is 1. The van der Waals surface area contributed by atoms with Crippen molar-refractivity contribution in [2.24, 2.45) is 5.92 Å². The van der Waals surface area contributed by atoms with Gasteiger partial charge in [-0.2, -0.15) is 0 Å². The van der Waals surface area contributed by atoms with E-state index >= 15 is 0 Å². The summed E-state index contributed by atoms with van der Waals surface area (Å²) in [6.45, 7) is 0.780. The van der Waals surface area contributed by atoms with E-state index in [0.29, 0.717) is 42.2 Å².